The van der Waals surface area contributed by atoms with Crippen LogP contribution in [-0.2, 0) is 10.8 Å². The van der Waals surface area contributed by atoms with E-state index in [1.54, 1.807) is 16.7 Å². The maximum Gasteiger partial charge on any atom is 0.0973 e. The predicted octanol–water partition coefficient (Wildman–Crippen LogP) is 15.9. The smallest absolute Gasteiger partial charge is 0.0973 e. The summed E-state index contributed by atoms with van der Waals surface area (Å²) in [6, 6.07) is 66.1. The van der Waals surface area contributed by atoms with Crippen LogP contribution in [0.15, 0.2) is 199 Å². The molecule has 304 valence electrons. The van der Waals surface area contributed by atoms with Gasteiger partial charge >= 0.3 is 0 Å². The highest BCUT2D eigenvalue weighted by Crippen LogP contribution is 2.64. The van der Waals surface area contributed by atoms with E-state index in [9.17, 15) is 0 Å². The molecule has 0 N–H and O–H groups in total. The fraction of sp³-hybridized carbons (Fsp3) is 0.180. The Hall–Kier alpha value is -6.90. The van der Waals surface area contributed by atoms with E-state index < -0.39 is 0 Å². The highest BCUT2D eigenvalue weighted by atomic mass is 14.9. The Morgan fingerprint density at radius 1 is 0.429 bits per heavy atom. The highest BCUT2D eigenvalue weighted by molar-refractivity contribution is 5.91. The largest absolute Gasteiger partial charge is 0.243 e. The quantitative estimate of drug-likeness (QED) is 0.167. The minimum atomic E-state index is -0.0517. The van der Waals surface area contributed by atoms with E-state index in [1.165, 1.54) is 71.1 Å². The van der Waals surface area contributed by atoms with Crippen molar-refractivity contribution in [3.05, 3.63) is 221 Å². The maximum atomic E-state index is 5.55. The standard InChI is InChI=1S/C61H50N2/c1-60(2)52-33-19-31-47(55(52)50-39-54-49(38-53(50)60)48-30-13-14-32-51(48)61(54)34-15-6-16-35-61)45-28-17-26-43(36-45)44-27-18-29-46(37-44)59-58(42-24-11-5-12-25-42)62-56(40-20-7-3-8-21-40)57(63-59)41-22-9-4-10-23-41/h3-5,7-14,17-33,36-38,50H,6,15-16,34-35,39H2,1-2H3. The van der Waals surface area contributed by atoms with Crippen LogP contribution < -0.4 is 0 Å². The van der Waals surface area contributed by atoms with Crippen LogP contribution in [-0.4, -0.2) is 9.97 Å². The Labute approximate surface area is 371 Å². The zero-order valence-corrected chi connectivity index (χ0v) is 36.1. The van der Waals surface area contributed by atoms with Gasteiger partial charge in [0.05, 0.1) is 22.8 Å². The number of hydrogen-bond acceptors (Lipinski definition) is 2. The van der Waals surface area contributed by atoms with Gasteiger partial charge in [-0.1, -0.05) is 220 Å². The third kappa shape index (κ3) is 6.06. The molecule has 1 spiro atoms. The molecular formula is C61H50N2. The second kappa shape index (κ2) is 14.9. The summed E-state index contributed by atoms with van der Waals surface area (Å²) in [5.41, 5.74) is 23.7. The lowest BCUT2D eigenvalue weighted by atomic mass is 9.63. The molecule has 1 saturated carbocycles. The predicted molar refractivity (Wildman–Crippen MR) is 261 cm³/mol. The molecule has 1 heterocycles. The summed E-state index contributed by atoms with van der Waals surface area (Å²) in [5, 5.41) is 0. The molecule has 63 heavy (non-hydrogen) atoms. The molecule has 0 amide bonds. The van der Waals surface area contributed by atoms with Gasteiger partial charge in [-0.05, 0) is 81.5 Å². The first-order valence-corrected chi connectivity index (χ1v) is 23.0. The first kappa shape index (κ1) is 37.8. The molecule has 0 aliphatic heterocycles. The Morgan fingerprint density at radius 3 is 1.51 bits per heavy atom. The van der Waals surface area contributed by atoms with Crippen molar-refractivity contribution in [3.8, 4) is 67.3 Å². The van der Waals surface area contributed by atoms with Gasteiger partial charge in [0.2, 0.25) is 0 Å². The van der Waals surface area contributed by atoms with Crippen LogP contribution in [0.5, 0.6) is 0 Å². The molecule has 1 unspecified atom stereocenters. The van der Waals surface area contributed by atoms with Crippen molar-refractivity contribution >= 4 is 5.57 Å². The van der Waals surface area contributed by atoms with Gasteiger partial charge in [0.15, 0.2) is 0 Å². The molecule has 4 aliphatic rings. The topological polar surface area (TPSA) is 25.8 Å². The van der Waals surface area contributed by atoms with Gasteiger partial charge in [-0.3, -0.25) is 0 Å². The SMILES string of the molecule is CC1(C)C2=CC3=C(CC2c2c(-c4cccc(-c5cccc(-c6nc(-c7ccccc7)c(-c7ccccc7)nc6-c6ccccc6)c5)c4)cccc21)C1(CCCCC1)c1ccccc13. The summed E-state index contributed by atoms with van der Waals surface area (Å²) >= 11 is 0. The first-order chi connectivity index (χ1) is 31.0. The Balaban J connectivity index is 0.963. The zero-order valence-electron chi connectivity index (χ0n) is 36.1. The van der Waals surface area contributed by atoms with Crippen molar-refractivity contribution in [2.24, 2.45) is 0 Å². The molecular weight excluding hydrogens is 761 g/mol. The molecule has 7 aromatic carbocycles. The van der Waals surface area contributed by atoms with Gasteiger partial charge in [0, 0.05) is 39.0 Å². The number of benzene rings is 7. The fourth-order valence-electron chi connectivity index (χ4n) is 12.0. The average Bonchev–Trinajstić information content (AvgIpc) is 3.74. The molecule has 1 atom stereocenters. The van der Waals surface area contributed by atoms with Crippen LogP contribution in [0.3, 0.4) is 0 Å². The van der Waals surface area contributed by atoms with Crippen molar-refractivity contribution in [2.75, 3.05) is 0 Å². The summed E-state index contributed by atoms with van der Waals surface area (Å²) < 4.78 is 0. The van der Waals surface area contributed by atoms with Crippen LogP contribution in [0.2, 0.25) is 0 Å². The van der Waals surface area contributed by atoms with Gasteiger partial charge < -0.3 is 0 Å². The second-order valence-electron chi connectivity index (χ2n) is 18.7. The summed E-state index contributed by atoms with van der Waals surface area (Å²) in [6.07, 6.45) is 10.3. The van der Waals surface area contributed by atoms with E-state index in [-0.39, 0.29) is 10.8 Å². The van der Waals surface area contributed by atoms with Crippen molar-refractivity contribution < 1.29 is 0 Å². The minimum Gasteiger partial charge on any atom is -0.243 e. The van der Waals surface area contributed by atoms with Crippen LogP contribution in [0, 0.1) is 0 Å². The van der Waals surface area contributed by atoms with Gasteiger partial charge in [-0.25, -0.2) is 9.97 Å². The minimum absolute atomic E-state index is 0.0517. The van der Waals surface area contributed by atoms with Gasteiger partial charge in [0.1, 0.15) is 0 Å². The van der Waals surface area contributed by atoms with E-state index in [1.807, 2.05) is 0 Å². The van der Waals surface area contributed by atoms with Gasteiger partial charge in [-0.15, -0.1) is 0 Å². The summed E-state index contributed by atoms with van der Waals surface area (Å²) in [6.45, 7) is 4.93. The monoisotopic (exact) mass is 810 g/mol. The Morgan fingerprint density at radius 2 is 0.889 bits per heavy atom. The molecule has 4 aliphatic carbocycles. The second-order valence-corrected chi connectivity index (χ2v) is 18.7. The van der Waals surface area contributed by atoms with E-state index in [0.717, 1.165) is 57.0 Å². The number of rotatable bonds is 6. The van der Waals surface area contributed by atoms with E-state index in [0.29, 0.717) is 5.92 Å². The van der Waals surface area contributed by atoms with Crippen molar-refractivity contribution in [1.29, 1.82) is 0 Å². The first-order valence-electron chi connectivity index (χ1n) is 23.0. The Kier molecular flexibility index (Phi) is 8.94. The lowest BCUT2D eigenvalue weighted by molar-refractivity contribution is 0.335. The number of fused-ring (bicyclic) bond motifs is 7. The summed E-state index contributed by atoms with van der Waals surface area (Å²) in [5.74, 6) is 0.373. The molecule has 2 nitrogen and oxygen atoms in total. The normalized spacial score (nSPS) is 17.7. The van der Waals surface area contributed by atoms with Gasteiger partial charge in [0.25, 0.3) is 0 Å². The number of hydrogen-bond donors (Lipinski definition) is 0. The van der Waals surface area contributed by atoms with Crippen molar-refractivity contribution in [3.63, 3.8) is 0 Å². The molecule has 8 aromatic rings. The summed E-state index contributed by atoms with van der Waals surface area (Å²) in [4.78, 5) is 11.0. The average molecular weight is 811 g/mol. The number of nitrogens with zero attached hydrogens (tertiary/aromatic N) is 2. The highest BCUT2D eigenvalue weighted by Gasteiger charge is 2.51. The van der Waals surface area contributed by atoms with E-state index in [4.69, 9.17) is 9.97 Å². The zero-order chi connectivity index (χ0) is 42.1. The molecule has 1 aromatic heterocycles. The number of allylic oxidation sites excluding steroid dienone is 4. The fourth-order valence-corrected chi connectivity index (χ4v) is 12.0. The third-order valence-electron chi connectivity index (χ3n) is 15.0. The van der Waals surface area contributed by atoms with Crippen LogP contribution >= 0.6 is 0 Å². The van der Waals surface area contributed by atoms with Crippen molar-refractivity contribution in [2.45, 2.75) is 69.1 Å². The summed E-state index contributed by atoms with van der Waals surface area (Å²) in [7, 11) is 0. The maximum absolute atomic E-state index is 5.55. The molecule has 12 rings (SSSR count). The molecule has 2 heteroatoms. The Bertz CT molecular complexity index is 3130. The lowest BCUT2D eigenvalue weighted by Gasteiger charge is -2.40. The van der Waals surface area contributed by atoms with Crippen LogP contribution in [0.1, 0.15) is 80.5 Å². The van der Waals surface area contributed by atoms with E-state index in [2.05, 4.69) is 202 Å². The molecule has 1 fully saturated rings. The number of aromatic nitrogens is 2. The van der Waals surface area contributed by atoms with E-state index >= 15 is 0 Å². The molecule has 0 bridgehead atoms. The molecule has 0 saturated heterocycles. The molecule has 0 radical (unpaired) electrons. The lowest BCUT2D eigenvalue weighted by Crippen LogP contribution is -2.31. The van der Waals surface area contributed by atoms with Crippen molar-refractivity contribution in [1.82, 2.24) is 9.97 Å². The van der Waals surface area contributed by atoms with Gasteiger partial charge in [-0.2, -0.15) is 0 Å². The third-order valence-corrected chi connectivity index (χ3v) is 15.0. The van der Waals surface area contributed by atoms with Crippen LogP contribution in [0.25, 0.3) is 72.9 Å². The van der Waals surface area contributed by atoms with Crippen LogP contribution in [0.4, 0.5) is 0 Å².